The number of benzene rings is 2. The van der Waals surface area contributed by atoms with Crippen LogP contribution in [0, 0.1) is 6.92 Å². The first-order valence-electron chi connectivity index (χ1n) is 9.09. The maximum atomic E-state index is 12.8. The lowest BCUT2D eigenvalue weighted by Gasteiger charge is -2.15. The van der Waals surface area contributed by atoms with Crippen molar-refractivity contribution in [1.82, 2.24) is 9.55 Å². The van der Waals surface area contributed by atoms with Gasteiger partial charge in [0, 0.05) is 29.6 Å². The minimum atomic E-state index is -3.77. The van der Waals surface area contributed by atoms with Gasteiger partial charge < -0.3 is 9.88 Å². The number of imidazole rings is 1. The number of amides is 1. The van der Waals surface area contributed by atoms with Crippen molar-refractivity contribution in [3.05, 3.63) is 82.9 Å². The molecule has 3 aromatic rings. The summed E-state index contributed by atoms with van der Waals surface area (Å²) in [6, 6.07) is 14.8. The summed E-state index contributed by atoms with van der Waals surface area (Å²) in [5.41, 5.74) is 2.33. The van der Waals surface area contributed by atoms with E-state index in [2.05, 4.69) is 10.3 Å². The van der Waals surface area contributed by atoms with Crippen LogP contribution in [0.2, 0.25) is 5.02 Å². The number of nitrogens with zero attached hydrogens (tertiary/aromatic N) is 2. The molecule has 0 fully saturated rings. The number of halogens is 1. The molecule has 1 atom stereocenters. The lowest BCUT2D eigenvalue weighted by molar-refractivity contribution is -0.115. The lowest BCUT2D eigenvalue weighted by Crippen LogP contribution is -2.34. The first-order chi connectivity index (χ1) is 13.8. The number of hydrogen-bond acceptors (Lipinski definition) is 4. The van der Waals surface area contributed by atoms with Gasteiger partial charge in [0.1, 0.15) is 16.8 Å². The number of aromatic nitrogens is 2. The van der Waals surface area contributed by atoms with Crippen molar-refractivity contribution in [2.24, 2.45) is 0 Å². The fourth-order valence-corrected chi connectivity index (χ4v) is 4.24. The van der Waals surface area contributed by atoms with E-state index in [0.717, 1.165) is 11.1 Å². The third-order valence-electron chi connectivity index (χ3n) is 4.69. The van der Waals surface area contributed by atoms with Crippen LogP contribution in [-0.2, 0) is 26.9 Å². The number of aryl methyl sites for hydroxylation is 1. The number of hydrogen-bond donors (Lipinski definition) is 1. The summed E-state index contributed by atoms with van der Waals surface area (Å²) in [5.74, 6) is -0.528. The van der Waals surface area contributed by atoms with Crippen LogP contribution in [-0.4, -0.2) is 29.1 Å². The first-order valence-corrected chi connectivity index (χ1v) is 11.2. The van der Waals surface area contributed by atoms with Crippen molar-refractivity contribution in [3.8, 4) is 0 Å². The molecule has 1 N–H and O–H groups in total. The van der Waals surface area contributed by atoms with Gasteiger partial charge in [0.05, 0.1) is 0 Å². The van der Waals surface area contributed by atoms with E-state index in [0.29, 0.717) is 23.1 Å². The molecule has 8 heteroatoms. The summed E-state index contributed by atoms with van der Waals surface area (Å²) >= 11 is 5.97. The van der Waals surface area contributed by atoms with Crippen LogP contribution in [0.3, 0.4) is 0 Å². The van der Waals surface area contributed by atoms with Gasteiger partial charge in [-0.3, -0.25) is 4.79 Å². The van der Waals surface area contributed by atoms with Crippen molar-refractivity contribution >= 4 is 33.0 Å². The second-order valence-corrected chi connectivity index (χ2v) is 9.61. The highest BCUT2D eigenvalue weighted by molar-refractivity contribution is 7.92. The monoisotopic (exact) mass is 431 g/mol. The average molecular weight is 432 g/mol. The van der Waals surface area contributed by atoms with Crippen LogP contribution in [0.4, 0.5) is 5.69 Å². The Bertz CT molecular complexity index is 1110. The highest BCUT2D eigenvalue weighted by Gasteiger charge is 2.30. The number of carbonyl (C=O) groups excluding carboxylic acids is 1. The summed E-state index contributed by atoms with van der Waals surface area (Å²) in [5, 5.41) is 1.89. The number of nitrogens with one attached hydrogen (secondary N) is 1. The van der Waals surface area contributed by atoms with Gasteiger partial charge in [0.25, 0.3) is 0 Å². The predicted molar refractivity (Wildman–Crippen MR) is 115 cm³/mol. The Labute approximate surface area is 175 Å². The first kappa shape index (κ1) is 21.1. The van der Waals surface area contributed by atoms with Gasteiger partial charge in [0.15, 0.2) is 9.84 Å². The van der Waals surface area contributed by atoms with Gasteiger partial charge >= 0.3 is 0 Å². The molecule has 29 heavy (non-hydrogen) atoms. The smallest absolute Gasteiger partial charge is 0.242 e. The van der Waals surface area contributed by atoms with Crippen LogP contribution >= 0.6 is 11.6 Å². The van der Waals surface area contributed by atoms with Crippen LogP contribution < -0.4 is 5.32 Å². The molecule has 0 aliphatic heterocycles. The van der Waals surface area contributed by atoms with Crippen molar-refractivity contribution in [2.75, 3.05) is 5.32 Å². The Kier molecular flexibility index (Phi) is 6.39. The van der Waals surface area contributed by atoms with E-state index in [1.54, 1.807) is 35.2 Å². The van der Waals surface area contributed by atoms with Gasteiger partial charge in [-0.2, -0.15) is 0 Å². The Balaban J connectivity index is 1.73. The van der Waals surface area contributed by atoms with Crippen molar-refractivity contribution < 1.29 is 13.2 Å². The fraction of sp³-hybridized carbons (Fsp3) is 0.238. The molecule has 1 amide bonds. The molecule has 2 aromatic carbocycles. The SMILES string of the molecule is Cc1ccc(Cl)cc1NC(=O)C(C)S(=O)(=O)Cc1nccn1Cc1ccccc1. The molecule has 0 saturated carbocycles. The molecule has 152 valence electrons. The fourth-order valence-electron chi connectivity index (χ4n) is 2.84. The number of rotatable bonds is 7. The second kappa shape index (κ2) is 8.80. The van der Waals surface area contributed by atoms with Gasteiger partial charge in [-0.15, -0.1) is 0 Å². The molecular weight excluding hydrogens is 410 g/mol. The van der Waals surface area contributed by atoms with Gasteiger partial charge in [-0.25, -0.2) is 13.4 Å². The summed E-state index contributed by atoms with van der Waals surface area (Å²) in [6.45, 7) is 3.70. The Morgan fingerprint density at radius 3 is 2.66 bits per heavy atom. The van der Waals surface area contributed by atoms with E-state index in [9.17, 15) is 13.2 Å². The molecule has 0 aliphatic rings. The lowest BCUT2D eigenvalue weighted by atomic mass is 10.2. The third kappa shape index (κ3) is 5.25. The molecule has 0 aliphatic carbocycles. The second-order valence-electron chi connectivity index (χ2n) is 6.85. The normalized spacial score (nSPS) is 12.5. The third-order valence-corrected chi connectivity index (χ3v) is 6.88. The summed E-state index contributed by atoms with van der Waals surface area (Å²) < 4.78 is 27.5. The van der Waals surface area contributed by atoms with Crippen LogP contribution in [0.15, 0.2) is 60.9 Å². The molecule has 0 bridgehead atoms. The zero-order valence-electron chi connectivity index (χ0n) is 16.2. The molecule has 0 saturated heterocycles. The Morgan fingerprint density at radius 1 is 1.21 bits per heavy atom. The standard InChI is InChI=1S/C21H22ClN3O3S/c1-15-8-9-18(22)12-19(15)24-21(26)16(2)29(27,28)14-20-23-10-11-25(20)13-17-6-4-3-5-7-17/h3-12,16H,13-14H2,1-2H3,(H,24,26). The summed E-state index contributed by atoms with van der Waals surface area (Å²) in [6.07, 6.45) is 3.30. The van der Waals surface area contributed by atoms with Gasteiger partial charge in [-0.05, 0) is 37.1 Å². The summed E-state index contributed by atoms with van der Waals surface area (Å²) in [7, 11) is -3.77. The molecule has 0 radical (unpaired) electrons. The van der Waals surface area contributed by atoms with Crippen molar-refractivity contribution in [2.45, 2.75) is 31.4 Å². The van der Waals surface area contributed by atoms with Crippen LogP contribution in [0.25, 0.3) is 0 Å². The molecule has 6 nitrogen and oxygen atoms in total. The quantitative estimate of drug-likeness (QED) is 0.616. The van der Waals surface area contributed by atoms with Crippen molar-refractivity contribution in [3.63, 3.8) is 0 Å². The highest BCUT2D eigenvalue weighted by Crippen LogP contribution is 2.21. The number of sulfone groups is 1. The van der Waals surface area contributed by atoms with E-state index in [1.807, 2.05) is 37.3 Å². The minimum Gasteiger partial charge on any atom is -0.330 e. The Hall–Kier alpha value is -2.64. The molecule has 1 heterocycles. The van der Waals surface area contributed by atoms with Gasteiger partial charge in [0.2, 0.25) is 5.91 Å². The molecule has 1 aromatic heterocycles. The topological polar surface area (TPSA) is 81.1 Å². The van der Waals surface area contributed by atoms with Gasteiger partial charge in [-0.1, -0.05) is 48.0 Å². The number of anilines is 1. The van der Waals surface area contributed by atoms with Crippen LogP contribution in [0.1, 0.15) is 23.9 Å². The molecule has 0 spiro atoms. The van der Waals surface area contributed by atoms with E-state index >= 15 is 0 Å². The summed E-state index contributed by atoms with van der Waals surface area (Å²) in [4.78, 5) is 16.8. The average Bonchev–Trinajstić information content (AvgIpc) is 3.10. The zero-order chi connectivity index (χ0) is 21.0. The number of carbonyl (C=O) groups is 1. The Morgan fingerprint density at radius 2 is 1.93 bits per heavy atom. The van der Waals surface area contributed by atoms with E-state index < -0.39 is 21.0 Å². The van der Waals surface area contributed by atoms with E-state index in [4.69, 9.17) is 11.6 Å². The van der Waals surface area contributed by atoms with Crippen LogP contribution in [0.5, 0.6) is 0 Å². The minimum absolute atomic E-state index is 0.323. The molecule has 3 rings (SSSR count). The maximum Gasteiger partial charge on any atom is 0.242 e. The van der Waals surface area contributed by atoms with Crippen molar-refractivity contribution in [1.29, 1.82) is 0 Å². The molecule has 1 unspecified atom stereocenters. The van der Waals surface area contributed by atoms with E-state index in [-0.39, 0.29) is 5.75 Å². The predicted octanol–water partition coefficient (Wildman–Crippen LogP) is 3.84. The highest BCUT2D eigenvalue weighted by atomic mass is 35.5. The largest absolute Gasteiger partial charge is 0.330 e. The zero-order valence-corrected chi connectivity index (χ0v) is 17.7. The maximum absolute atomic E-state index is 12.8. The van der Waals surface area contributed by atoms with E-state index in [1.165, 1.54) is 6.92 Å². The molecular formula is C21H22ClN3O3S.